The van der Waals surface area contributed by atoms with Crippen LogP contribution in [0.3, 0.4) is 0 Å². The van der Waals surface area contributed by atoms with E-state index < -0.39 is 15.9 Å². The average Bonchev–Trinajstić information content (AvgIpc) is 2.70. The van der Waals surface area contributed by atoms with E-state index in [1.54, 1.807) is 50.4 Å². The van der Waals surface area contributed by atoms with Crippen molar-refractivity contribution in [1.82, 2.24) is 4.31 Å². The summed E-state index contributed by atoms with van der Waals surface area (Å²) in [5.41, 5.74) is 2.29. The van der Waals surface area contributed by atoms with Crippen LogP contribution >= 0.6 is 11.6 Å². The van der Waals surface area contributed by atoms with Crippen LogP contribution in [0, 0.1) is 19.8 Å². The zero-order valence-electron chi connectivity index (χ0n) is 16.7. The molecule has 1 atom stereocenters. The maximum atomic E-state index is 13.1. The quantitative estimate of drug-likeness (QED) is 0.768. The van der Waals surface area contributed by atoms with Gasteiger partial charge >= 0.3 is 0 Å². The Balaban J connectivity index is 1.75. The third kappa shape index (κ3) is 4.74. The number of ether oxygens (including phenoxy) is 1. The Hall–Kier alpha value is -2.09. The van der Waals surface area contributed by atoms with Crippen molar-refractivity contribution in [3.05, 3.63) is 52.5 Å². The number of carbonyl (C=O) groups is 1. The summed E-state index contributed by atoms with van der Waals surface area (Å²) in [6.07, 6.45) is 1.28. The summed E-state index contributed by atoms with van der Waals surface area (Å²) >= 11 is 5.97. The Morgan fingerprint density at radius 3 is 2.59 bits per heavy atom. The minimum Gasteiger partial charge on any atom is -0.496 e. The van der Waals surface area contributed by atoms with Gasteiger partial charge in [-0.15, -0.1) is 0 Å². The number of aryl methyl sites for hydroxylation is 2. The molecule has 8 heteroatoms. The van der Waals surface area contributed by atoms with E-state index in [1.807, 2.05) is 6.92 Å². The zero-order valence-corrected chi connectivity index (χ0v) is 18.3. The van der Waals surface area contributed by atoms with Crippen molar-refractivity contribution in [2.45, 2.75) is 31.6 Å². The summed E-state index contributed by atoms with van der Waals surface area (Å²) in [6, 6.07) is 10.1. The number of rotatable bonds is 5. The van der Waals surface area contributed by atoms with Crippen LogP contribution in [0.1, 0.15) is 24.0 Å². The van der Waals surface area contributed by atoms with Crippen molar-refractivity contribution in [2.75, 3.05) is 25.5 Å². The van der Waals surface area contributed by atoms with E-state index in [-0.39, 0.29) is 17.3 Å². The van der Waals surface area contributed by atoms with Crippen LogP contribution in [-0.2, 0) is 14.8 Å². The van der Waals surface area contributed by atoms with Gasteiger partial charge < -0.3 is 10.1 Å². The van der Waals surface area contributed by atoms with E-state index >= 15 is 0 Å². The third-order valence-electron chi connectivity index (χ3n) is 5.21. The van der Waals surface area contributed by atoms with Gasteiger partial charge in [0.25, 0.3) is 0 Å². The van der Waals surface area contributed by atoms with Gasteiger partial charge in [-0.2, -0.15) is 4.31 Å². The Morgan fingerprint density at radius 2 is 1.93 bits per heavy atom. The smallest absolute Gasteiger partial charge is 0.243 e. The molecular weight excluding hydrogens is 412 g/mol. The first-order valence-electron chi connectivity index (χ1n) is 9.44. The maximum Gasteiger partial charge on any atom is 0.243 e. The molecule has 1 aliphatic rings. The first-order valence-corrected chi connectivity index (χ1v) is 11.3. The number of nitrogens with one attached hydrogen (secondary N) is 1. The Kier molecular flexibility index (Phi) is 6.51. The number of sulfonamides is 1. The van der Waals surface area contributed by atoms with Crippen LogP contribution in [-0.4, -0.2) is 38.8 Å². The van der Waals surface area contributed by atoms with Crippen molar-refractivity contribution in [3.8, 4) is 5.75 Å². The molecular formula is C21H25ClN2O4S. The second-order valence-corrected chi connectivity index (χ2v) is 9.66. The normalized spacial score (nSPS) is 17.7. The maximum absolute atomic E-state index is 13.1. The summed E-state index contributed by atoms with van der Waals surface area (Å²) < 4.78 is 32.8. The summed E-state index contributed by atoms with van der Waals surface area (Å²) in [6.45, 7) is 4.23. The van der Waals surface area contributed by atoms with Crippen LogP contribution < -0.4 is 10.1 Å². The number of amides is 1. The Bertz CT molecular complexity index is 1020. The lowest BCUT2D eigenvalue weighted by molar-refractivity contribution is -0.120. The highest BCUT2D eigenvalue weighted by atomic mass is 35.5. The largest absolute Gasteiger partial charge is 0.496 e. The Labute approximate surface area is 176 Å². The number of hydrogen-bond acceptors (Lipinski definition) is 4. The summed E-state index contributed by atoms with van der Waals surface area (Å²) in [4.78, 5) is 13.0. The van der Waals surface area contributed by atoms with Crippen molar-refractivity contribution in [2.24, 2.45) is 5.92 Å². The van der Waals surface area contributed by atoms with Gasteiger partial charge in [-0.25, -0.2) is 8.42 Å². The summed E-state index contributed by atoms with van der Waals surface area (Å²) in [5, 5.41) is 3.51. The minimum absolute atomic E-state index is 0.159. The Morgan fingerprint density at radius 1 is 1.17 bits per heavy atom. The van der Waals surface area contributed by atoms with Crippen LogP contribution in [0.4, 0.5) is 5.69 Å². The predicted octanol–water partition coefficient (Wildman–Crippen LogP) is 4.00. The van der Waals surface area contributed by atoms with Crippen LogP contribution in [0.2, 0.25) is 5.02 Å². The van der Waals surface area contributed by atoms with Crippen molar-refractivity contribution in [3.63, 3.8) is 0 Å². The fourth-order valence-electron chi connectivity index (χ4n) is 3.54. The molecule has 1 N–H and O–H groups in total. The van der Waals surface area contributed by atoms with E-state index in [0.717, 1.165) is 11.1 Å². The highest BCUT2D eigenvalue weighted by molar-refractivity contribution is 7.89. The predicted molar refractivity (Wildman–Crippen MR) is 114 cm³/mol. The van der Waals surface area contributed by atoms with Gasteiger partial charge in [0.15, 0.2) is 0 Å². The van der Waals surface area contributed by atoms with Crippen LogP contribution in [0.5, 0.6) is 5.75 Å². The molecule has 1 aliphatic heterocycles. The molecule has 0 bridgehead atoms. The molecule has 0 spiro atoms. The third-order valence-corrected chi connectivity index (χ3v) is 7.30. The van der Waals surface area contributed by atoms with Gasteiger partial charge in [-0.3, -0.25) is 4.79 Å². The molecule has 3 rings (SSSR count). The number of anilines is 1. The van der Waals surface area contributed by atoms with Gasteiger partial charge in [0, 0.05) is 23.8 Å². The monoisotopic (exact) mass is 436 g/mol. The van der Waals surface area contributed by atoms with Crippen molar-refractivity contribution < 1.29 is 17.9 Å². The molecule has 2 aromatic rings. The molecule has 29 heavy (non-hydrogen) atoms. The molecule has 156 valence electrons. The molecule has 0 aliphatic carbocycles. The lowest BCUT2D eigenvalue weighted by Crippen LogP contribution is -2.43. The van der Waals surface area contributed by atoms with Crippen LogP contribution in [0.25, 0.3) is 0 Å². The summed E-state index contributed by atoms with van der Waals surface area (Å²) in [5.74, 6) is 0.0485. The molecule has 1 fully saturated rings. The number of methoxy groups -OCH3 is 1. The highest BCUT2D eigenvalue weighted by Gasteiger charge is 2.33. The number of piperidine rings is 1. The molecule has 0 radical (unpaired) electrons. The SMILES string of the molecule is COc1ccc(S(=O)(=O)N2CCC[C@@H](C(=O)Nc3ccc(Cl)cc3C)C2)cc1C. The molecule has 0 aromatic heterocycles. The van der Waals surface area contributed by atoms with E-state index in [2.05, 4.69) is 5.32 Å². The number of benzene rings is 2. The average molecular weight is 437 g/mol. The number of carbonyl (C=O) groups excluding carboxylic acids is 1. The topological polar surface area (TPSA) is 75.7 Å². The van der Waals surface area contributed by atoms with Gasteiger partial charge in [0.2, 0.25) is 15.9 Å². The molecule has 2 aromatic carbocycles. The molecule has 0 unspecified atom stereocenters. The fourth-order valence-corrected chi connectivity index (χ4v) is 5.37. The molecule has 1 heterocycles. The second-order valence-electron chi connectivity index (χ2n) is 7.28. The first-order chi connectivity index (χ1) is 13.7. The van der Waals surface area contributed by atoms with Crippen molar-refractivity contribution >= 4 is 33.2 Å². The van der Waals surface area contributed by atoms with Crippen molar-refractivity contribution in [1.29, 1.82) is 0 Å². The fraction of sp³-hybridized carbons (Fsp3) is 0.381. The lowest BCUT2D eigenvalue weighted by Gasteiger charge is -2.31. The minimum atomic E-state index is -3.68. The number of nitrogens with zero attached hydrogens (tertiary/aromatic N) is 1. The van der Waals surface area contributed by atoms with E-state index in [0.29, 0.717) is 35.8 Å². The zero-order chi connectivity index (χ0) is 21.2. The van der Waals surface area contributed by atoms with E-state index in [9.17, 15) is 13.2 Å². The lowest BCUT2D eigenvalue weighted by atomic mass is 9.98. The standard InChI is InChI=1S/C21H25ClN2O4S/c1-14-11-17(22)6-8-19(14)23-21(25)16-5-4-10-24(13-16)29(26,27)18-7-9-20(28-3)15(2)12-18/h6-9,11-12,16H,4-5,10,13H2,1-3H3,(H,23,25)/t16-/m1/s1. The van der Waals surface area contributed by atoms with Crippen LogP contribution in [0.15, 0.2) is 41.3 Å². The van der Waals surface area contributed by atoms with E-state index in [1.165, 1.54) is 4.31 Å². The van der Waals surface area contributed by atoms with Gasteiger partial charge in [-0.05, 0) is 74.2 Å². The van der Waals surface area contributed by atoms with Gasteiger partial charge in [0.05, 0.1) is 17.9 Å². The molecule has 6 nitrogen and oxygen atoms in total. The van der Waals surface area contributed by atoms with E-state index in [4.69, 9.17) is 16.3 Å². The number of halogens is 1. The molecule has 1 amide bonds. The van der Waals surface area contributed by atoms with Gasteiger partial charge in [0.1, 0.15) is 5.75 Å². The first kappa shape index (κ1) is 21.6. The van der Waals surface area contributed by atoms with Gasteiger partial charge in [-0.1, -0.05) is 11.6 Å². The number of hydrogen-bond donors (Lipinski definition) is 1. The second kappa shape index (κ2) is 8.73. The molecule has 1 saturated heterocycles. The molecule has 0 saturated carbocycles. The summed E-state index contributed by atoms with van der Waals surface area (Å²) in [7, 11) is -2.13. The highest BCUT2D eigenvalue weighted by Crippen LogP contribution is 2.28.